The predicted octanol–water partition coefficient (Wildman–Crippen LogP) is 2.98. The second kappa shape index (κ2) is 7.20. The number of nitrogens with zero attached hydrogens (tertiary/aromatic N) is 4. The molecule has 8 heteroatoms. The van der Waals surface area contributed by atoms with E-state index in [9.17, 15) is 9.90 Å². The molecular formula is C24H26N6O2. The molecule has 0 fully saturated rings. The van der Waals surface area contributed by atoms with Crippen molar-refractivity contribution in [2.75, 3.05) is 25.9 Å². The van der Waals surface area contributed by atoms with E-state index in [1.54, 1.807) is 16.8 Å². The van der Waals surface area contributed by atoms with Crippen LogP contribution in [0, 0.1) is 20.8 Å². The topological polar surface area (TPSA) is 109 Å². The summed E-state index contributed by atoms with van der Waals surface area (Å²) in [6.45, 7) is 7.39. The number of hydrogen-bond acceptors (Lipinski definition) is 6. The number of aryl methyl sites for hydroxylation is 2. The van der Waals surface area contributed by atoms with Crippen LogP contribution in [0.5, 0.6) is 5.75 Å². The number of aromatic hydroxyl groups is 1. The van der Waals surface area contributed by atoms with E-state index in [1.807, 2.05) is 26.8 Å². The number of anilines is 1. The number of carbonyl (C=O) groups is 1. The van der Waals surface area contributed by atoms with Crippen molar-refractivity contribution in [3.8, 4) is 11.4 Å². The van der Waals surface area contributed by atoms with Crippen LogP contribution < -0.4 is 11.1 Å². The molecule has 4 N–H and O–H groups in total. The number of amides is 1. The van der Waals surface area contributed by atoms with Gasteiger partial charge in [-0.25, -0.2) is 9.97 Å². The first-order valence-corrected chi connectivity index (χ1v) is 10.6. The molecule has 0 spiro atoms. The number of phenolic OH excluding ortho intramolecular Hbond substituents is 1. The van der Waals surface area contributed by atoms with Crippen LogP contribution in [-0.2, 0) is 0 Å². The number of nitrogens with one attached hydrogen (secondary N) is 1. The van der Waals surface area contributed by atoms with Gasteiger partial charge in [-0.15, -0.1) is 0 Å². The zero-order valence-corrected chi connectivity index (χ0v) is 18.7. The van der Waals surface area contributed by atoms with Crippen LogP contribution in [0.4, 0.5) is 5.82 Å². The lowest BCUT2D eigenvalue weighted by atomic mass is 9.95. The van der Waals surface area contributed by atoms with E-state index in [0.29, 0.717) is 33.7 Å². The van der Waals surface area contributed by atoms with Crippen LogP contribution in [0.1, 0.15) is 39.4 Å². The molecule has 164 valence electrons. The second-order valence-corrected chi connectivity index (χ2v) is 8.56. The van der Waals surface area contributed by atoms with Crippen molar-refractivity contribution >= 4 is 28.3 Å². The van der Waals surface area contributed by atoms with Crippen LogP contribution in [0.3, 0.4) is 0 Å². The lowest BCUT2D eigenvalue weighted by Crippen LogP contribution is -2.25. The van der Waals surface area contributed by atoms with Crippen LogP contribution in [0.25, 0.3) is 22.3 Å². The van der Waals surface area contributed by atoms with Crippen molar-refractivity contribution in [3.63, 3.8) is 0 Å². The molecule has 2 aromatic heterocycles. The lowest BCUT2D eigenvalue weighted by Gasteiger charge is -2.23. The van der Waals surface area contributed by atoms with Crippen LogP contribution in [-0.4, -0.2) is 50.6 Å². The average molecular weight is 431 g/mol. The van der Waals surface area contributed by atoms with Gasteiger partial charge in [0.2, 0.25) is 0 Å². The highest BCUT2D eigenvalue weighted by molar-refractivity contribution is 6.16. The molecule has 2 aliphatic rings. The summed E-state index contributed by atoms with van der Waals surface area (Å²) >= 11 is 0. The number of nitrogen functional groups attached to an aromatic ring is 1. The van der Waals surface area contributed by atoms with Gasteiger partial charge in [-0.3, -0.25) is 9.36 Å². The Kier molecular flexibility index (Phi) is 4.56. The molecule has 2 aliphatic heterocycles. The summed E-state index contributed by atoms with van der Waals surface area (Å²) in [5.41, 5.74) is 12.6. The number of carbonyl (C=O) groups excluding carboxylic acids is 1. The Morgan fingerprint density at radius 1 is 1.19 bits per heavy atom. The van der Waals surface area contributed by atoms with E-state index in [1.165, 1.54) is 0 Å². The minimum Gasteiger partial charge on any atom is -0.508 e. The molecule has 0 bridgehead atoms. The summed E-state index contributed by atoms with van der Waals surface area (Å²) in [5, 5.41) is 13.9. The van der Waals surface area contributed by atoms with E-state index >= 15 is 0 Å². The molecule has 0 aliphatic carbocycles. The third kappa shape index (κ3) is 2.90. The first-order chi connectivity index (χ1) is 15.3. The summed E-state index contributed by atoms with van der Waals surface area (Å²) in [6.07, 6.45) is 4.79. The number of phenols is 1. The first-order valence-electron chi connectivity index (χ1n) is 10.6. The Morgan fingerprint density at radius 2 is 1.97 bits per heavy atom. The highest BCUT2D eigenvalue weighted by atomic mass is 16.3. The monoisotopic (exact) mass is 430 g/mol. The number of benzene rings is 1. The molecule has 8 nitrogen and oxygen atoms in total. The zero-order valence-electron chi connectivity index (χ0n) is 18.7. The van der Waals surface area contributed by atoms with Gasteiger partial charge in [0.15, 0.2) is 5.65 Å². The zero-order chi connectivity index (χ0) is 22.7. The molecule has 0 saturated carbocycles. The van der Waals surface area contributed by atoms with Crippen molar-refractivity contribution in [3.05, 3.63) is 58.2 Å². The third-order valence-corrected chi connectivity index (χ3v) is 6.38. The minimum atomic E-state index is -0.293. The Morgan fingerprint density at radius 3 is 2.69 bits per heavy atom. The normalized spacial score (nSPS) is 16.6. The minimum absolute atomic E-state index is 0.160. The summed E-state index contributed by atoms with van der Waals surface area (Å²) in [6, 6.07) is 3.49. The molecule has 0 unspecified atom stereocenters. The molecule has 0 radical (unpaired) electrons. The largest absolute Gasteiger partial charge is 0.508 e. The van der Waals surface area contributed by atoms with Crippen molar-refractivity contribution in [2.45, 2.75) is 27.2 Å². The van der Waals surface area contributed by atoms with Gasteiger partial charge in [0, 0.05) is 30.4 Å². The van der Waals surface area contributed by atoms with E-state index < -0.39 is 0 Å². The molecule has 1 amide bonds. The number of nitrogens with two attached hydrogens (primary N) is 1. The molecule has 0 atom stereocenters. The summed E-state index contributed by atoms with van der Waals surface area (Å²) < 4.78 is 1.78. The summed E-state index contributed by atoms with van der Waals surface area (Å²) in [5.74, 6) is 0.733. The van der Waals surface area contributed by atoms with Crippen molar-refractivity contribution in [2.24, 2.45) is 0 Å². The van der Waals surface area contributed by atoms with Gasteiger partial charge in [0.1, 0.15) is 17.4 Å². The van der Waals surface area contributed by atoms with Gasteiger partial charge in [-0.1, -0.05) is 12.1 Å². The quantitative estimate of drug-likeness (QED) is 0.577. The maximum Gasteiger partial charge on any atom is 0.259 e. The maximum absolute atomic E-state index is 13.2. The Hall–Kier alpha value is -3.65. The molecule has 4 heterocycles. The molecular weight excluding hydrogens is 404 g/mol. The van der Waals surface area contributed by atoms with Crippen LogP contribution in [0.15, 0.2) is 30.0 Å². The molecule has 32 heavy (non-hydrogen) atoms. The predicted molar refractivity (Wildman–Crippen MR) is 125 cm³/mol. The van der Waals surface area contributed by atoms with Gasteiger partial charge < -0.3 is 21.1 Å². The average Bonchev–Trinajstić information content (AvgIpc) is 2.94. The summed E-state index contributed by atoms with van der Waals surface area (Å²) in [7, 11) is 2.09. The number of allylic oxidation sites excluding steroid dienone is 1. The van der Waals surface area contributed by atoms with Crippen molar-refractivity contribution in [1.82, 2.24) is 24.8 Å². The van der Waals surface area contributed by atoms with Crippen LogP contribution in [0.2, 0.25) is 0 Å². The molecule has 1 aromatic carbocycles. The number of hydrogen-bond donors (Lipinski definition) is 3. The smallest absolute Gasteiger partial charge is 0.259 e. The lowest BCUT2D eigenvalue weighted by molar-refractivity contribution is 0.0973. The number of likely N-dealkylation sites (N-methyl/N-ethyl adjacent to an activating group) is 1. The van der Waals surface area contributed by atoms with E-state index in [4.69, 9.17) is 15.7 Å². The van der Waals surface area contributed by atoms with Gasteiger partial charge >= 0.3 is 0 Å². The highest BCUT2D eigenvalue weighted by Gasteiger charge is 2.31. The van der Waals surface area contributed by atoms with Crippen molar-refractivity contribution in [1.29, 1.82) is 0 Å². The third-order valence-electron chi connectivity index (χ3n) is 6.38. The Balaban J connectivity index is 1.87. The fourth-order valence-corrected chi connectivity index (χ4v) is 4.66. The number of aromatic nitrogens is 3. The van der Waals surface area contributed by atoms with E-state index in [0.717, 1.165) is 41.9 Å². The fraction of sp³-hybridized carbons (Fsp3) is 0.292. The van der Waals surface area contributed by atoms with Crippen molar-refractivity contribution < 1.29 is 9.90 Å². The summed E-state index contributed by atoms with van der Waals surface area (Å²) in [4.78, 5) is 24.9. The van der Waals surface area contributed by atoms with Gasteiger partial charge in [0.25, 0.3) is 5.91 Å². The number of rotatable bonds is 2. The van der Waals surface area contributed by atoms with Gasteiger partial charge in [0.05, 0.1) is 22.3 Å². The molecule has 3 aromatic rings. The standard InChI is InChI=1S/C24H26N6O2/c1-12-5-6-17(31)13(2)21(12)30-22(25)19-18-20(27-14(3)28-23(18)30)16(11-26-24(19)32)15-7-9-29(4)10-8-15/h5-7,11,31H,8-10,25H2,1-4H3,(H,26,32). The highest BCUT2D eigenvalue weighted by Crippen LogP contribution is 2.40. The SMILES string of the molecule is Cc1nc2c3c(c(N)n(-c4c(C)ccc(O)c4C)c3n1)C(=O)NC=C2C1=CCN(C)CC1. The van der Waals surface area contributed by atoms with E-state index in [2.05, 4.69) is 23.3 Å². The van der Waals surface area contributed by atoms with Gasteiger partial charge in [-0.05, 0) is 51.4 Å². The molecule has 5 rings (SSSR count). The Labute approximate surface area is 186 Å². The maximum atomic E-state index is 13.2. The van der Waals surface area contributed by atoms with Crippen LogP contribution >= 0.6 is 0 Å². The molecule has 0 saturated heterocycles. The van der Waals surface area contributed by atoms with Gasteiger partial charge in [-0.2, -0.15) is 0 Å². The second-order valence-electron chi connectivity index (χ2n) is 8.56. The first kappa shape index (κ1) is 20.3. The Bertz CT molecular complexity index is 1370. The van der Waals surface area contributed by atoms with E-state index in [-0.39, 0.29) is 17.5 Å². The fourth-order valence-electron chi connectivity index (χ4n) is 4.66.